The number of hydrogen-bond acceptors (Lipinski definition) is 5. The fraction of sp³-hybridized carbons (Fsp3) is 0.367. The third kappa shape index (κ3) is 5.55. The molecule has 0 bridgehead atoms. The van der Waals surface area contributed by atoms with Gasteiger partial charge in [-0.25, -0.2) is 9.18 Å². The van der Waals surface area contributed by atoms with Gasteiger partial charge in [-0.05, 0) is 66.8 Å². The molecule has 0 saturated carbocycles. The molecule has 1 unspecified atom stereocenters. The van der Waals surface area contributed by atoms with E-state index < -0.39 is 23.4 Å². The highest BCUT2D eigenvalue weighted by Gasteiger charge is 2.36. The highest BCUT2D eigenvalue weighted by Crippen LogP contribution is 2.35. The number of halogens is 2. The Labute approximate surface area is 231 Å². The number of carbonyl (C=O) groups excluding carboxylic acids is 1. The van der Waals surface area contributed by atoms with E-state index in [1.165, 1.54) is 24.3 Å². The molecule has 0 spiro atoms. The number of ether oxygens (including phenoxy) is 2. The maximum absolute atomic E-state index is 13.4. The average molecular weight is 555 g/mol. The van der Waals surface area contributed by atoms with E-state index in [0.717, 1.165) is 33.8 Å². The molecule has 0 fully saturated rings. The SMILES string of the molecule is CCC(CO)(CO)COc1ccc([C@H]2c3[nH]c4c(c3CCN2C(=O)Oc2ccc(F)cc2)=CC(Cl)CC=4)cc1. The molecule has 1 amide bonds. The third-order valence-electron chi connectivity index (χ3n) is 7.71. The predicted molar refractivity (Wildman–Crippen MR) is 147 cm³/mol. The van der Waals surface area contributed by atoms with Crippen molar-refractivity contribution < 1.29 is 28.9 Å². The van der Waals surface area contributed by atoms with Crippen molar-refractivity contribution in [3.8, 4) is 11.5 Å². The highest BCUT2D eigenvalue weighted by atomic mass is 35.5. The molecule has 2 heterocycles. The summed E-state index contributed by atoms with van der Waals surface area (Å²) in [6.45, 7) is 2.14. The highest BCUT2D eigenvalue weighted by molar-refractivity contribution is 6.24. The first-order valence-corrected chi connectivity index (χ1v) is 13.6. The van der Waals surface area contributed by atoms with Crippen LogP contribution in [-0.2, 0) is 6.42 Å². The number of aromatic nitrogens is 1. The Morgan fingerprint density at radius 2 is 1.82 bits per heavy atom. The van der Waals surface area contributed by atoms with Crippen molar-refractivity contribution in [1.82, 2.24) is 9.88 Å². The van der Waals surface area contributed by atoms with Crippen LogP contribution in [0.2, 0.25) is 0 Å². The molecule has 7 nitrogen and oxygen atoms in total. The summed E-state index contributed by atoms with van der Waals surface area (Å²) >= 11 is 6.43. The second kappa shape index (κ2) is 11.4. The number of amides is 1. The molecule has 2 aliphatic rings. The van der Waals surface area contributed by atoms with Crippen LogP contribution in [0.5, 0.6) is 11.5 Å². The summed E-state index contributed by atoms with van der Waals surface area (Å²) in [5.74, 6) is 0.445. The molecule has 0 saturated heterocycles. The molecular formula is C30H32ClFN2O5. The van der Waals surface area contributed by atoms with Gasteiger partial charge in [-0.1, -0.05) is 31.2 Å². The van der Waals surface area contributed by atoms with Gasteiger partial charge in [0, 0.05) is 22.8 Å². The second-order valence-corrected chi connectivity index (χ2v) is 10.7. The molecular weight excluding hydrogens is 523 g/mol. The van der Waals surface area contributed by atoms with Crippen LogP contribution in [-0.4, -0.2) is 57.9 Å². The van der Waals surface area contributed by atoms with Crippen molar-refractivity contribution in [3.63, 3.8) is 0 Å². The zero-order valence-corrected chi connectivity index (χ0v) is 22.5. The molecule has 0 radical (unpaired) electrons. The topological polar surface area (TPSA) is 95.0 Å². The van der Waals surface area contributed by atoms with E-state index in [1.807, 2.05) is 31.2 Å². The van der Waals surface area contributed by atoms with Gasteiger partial charge < -0.3 is 24.7 Å². The van der Waals surface area contributed by atoms with E-state index in [1.54, 1.807) is 4.90 Å². The summed E-state index contributed by atoms with van der Waals surface area (Å²) in [5.41, 5.74) is 2.17. The van der Waals surface area contributed by atoms with Gasteiger partial charge >= 0.3 is 6.09 Å². The lowest BCUT2D eigenvalue weighted by atomic mass is 9.88. The quantitative estimate of drug-likeness (QED) is 0.370. The smallest absolute Gasteiger partial charge is 0.416 e. The van der Waals surface area contributed by atoms with Crippen LogP contribution in [0, 0.1) is 11.2 Å². The maximum Gasteiger partial charge on any atom is 0.416 e. The third-order valence-corrected chi connectivity index (χ3v) is 8.01. The second-order valence-electron chi connectivity index (χ2n) is 10.2. The van der Waals surface area contributed by atoms with Crippen molar-refractivity contribution in [2.45, 2.75) is 37.6 Å². The molecule has 1 aromatic heterocycles. The summed E-state index contributed by atoms with van der Waals surface area (Å²) in [6, 6.07) is 12.3. The van der Waals surface area contributed by atoms with Crippen molar-refractivity contribution in [3.05, 3.63) is 81.7 Å². The van der Waals surface area contributed by atoms with Gasteiger partial charge in [0.15, 0.2) is 0 Å². The lowest BCUT2D eigenvalue weighted by Gasteiger charge is -2.35. The first kappa shape index (κ1) is 27.2. The Morgan fingerprint density at radius 3 is 2.49 bits per heavy atom. The molecule has 39 heavy (non-hydrogen) atoms. The van der Waals surface area contributed by atoms with Gasteiger partial charge in [-0.2, -0.15) is 0 Å². The molecule has 3 N–H and O–H groups in total. The Hall–Kier alpha value is -3.33. The molecule has 206 valence electrons. The lowest BCUT2D eigenvalue weighted by molar-refractivity contribution is 0.0114. The zero-order chi connectivity index (χ0) is 27.6. The molecule has 1 aliphatic heterocycles. The largest absolute Gasteiger partial charge is 0.493 e. The van der Waals surface area contributed by atoms with E-state index in [4.69, 9.17) is 21.1 Å². The van der Waals surface area contributed by atoms with Crippen molar-refractivity contribution in [2.75, 3.05) is 26.4 Å². The van der Waals surface area contributed by atoms with Gasteiger partial charge in [0.1, 0.15) is 23.4 Å². The first-order valence-electron chi connectivity index (χ1n) is 13.1. The van der Waals surface area contributed by atoms with Gasteiger partial charge in [0.25, 0.3) is 0 Å². The number of H-pyrrole nitrogens is 1. The zero-order valence-electron chi connectivity index (χ0n) is 21.7. The lowest BCUT2D eigenvalue weighted by Crippen LogP contribution is -2.43. The van der Waals surface area contributed by atoms with Crippen molar-refractivity contribution >= 4 is 29.8 Å². The minimum Gasteiger partial charge on any atom is -0.493 e. The van der Waals surface area contributed by atoms with Crippen LogP contribution >= 0.6 is 11.6 Å². The van der Waals surface area contributed by atoms with Crippen molar-refractivity contribution in [2.24, 2.45) is 5.41 Å². The number of carbonyl (C=O) groups is 1. The number of nitrogens with one attached hydrogen (secondary N) is 1. The number of alkyl halides is 1. The minimum atomic E-state index is -0.714. The van der Waals surface area contributed by atoms with Crippen LogP contribution in [0.3, 0.4) is 0 Å². The molecule has 2 aromatic carbocycles. The summed E-state index contributed by atoms with van der Waals surface area (Å²) in [7, 11) is 0. The van der Waals surface area contributed by atoms with Crippen LogP contribution in [0.25, 0.3) is 12.2 Å². The monoisotopic (exact) mass is 554 g/mol. The number of benzene rings is 2. The molecule has 9 heteroatoms. The van der Waals surface area contributed by atoms with Crippen LogP contribution in [0.1, 0.15) is 42.6 Å². The molecule has 2 atom stereocenters. The average Bonchev–Trinajstić information content (AvgIpc) is 3.33. The molecule has 3 aromatic rings. The van der Waals surface area contributed by atoms with Gasteiger partial charge in [0.05, 0.1) is 30.6 Å². The Kier molecular flexibility index (Phi) is 7.98. The number of nitrogens with zero attached hydrogens (tertiary/aromatic N) is 1. The standard InChI is InChI=1S/C30H32ClFN2O5/c1-2-30(16-35,17-36)18-38-22-8-3-19(4-9-22)28-27-24(25-15-20(31)5-12-26(25)33-27)13-14-34(28)29(37)39-23-10-6-21(32)7-11-23/h3-4,6-12,15,20,28,33,35-36H,2,5,13-14,16-18H2,1H3/t20?,28-/m0/s1. The summed E-state index contributed by atoms with van der Waals surface area (Å²) < 4.78 is 24.9. The number of rotatable bonds is 8. The van der Waals surface area contributed by atoms with Gasteiger partial charge in [-0.3, -0.25) is 4.90 Å². The van der Waals surface area contributed by atoms with Crippen LogP contribution in [0.4, 0.5) is 9.18 Å². The van der Waals surface area contributed by atoms with Crippen LogP contribution in [0.15, 0.2) is 48.5 Å². The molecule has 5 rings (SSSR count). The van der Waals surface area contributed by atoms with Crippen LogP contribution < -0.4 is 20.0 Å². The van der Waals surface area contributed by atoms with E-state index in [0.29, 0.717) is 25.1 Å². The van der Waals surface area contributed by atoms with E-state index in [2.05, 4.69) is 17.1 Å². The summed E-state index contributed by atoms with van der Waals surface area (Å²) in [5, 5.41) is 21.4. The number of aliphatic hydroxyl groups is 2. The van der Waals surface area contributed by atoms with E-state index >= 15 is 0 Å². The molecule has 1 aliphatic carbocycles. The van der Waals surface area contributed by atoms with E-state index in [-0.39, 0.29) is 30.9 Å². The predicted octanol–water partition coefficient (Wildman–Crippen LogP) is 3.63. The fourth-order valence-electron chi connectivity index (χ4n) is 5.10. The normalized spacial score (nSPS) is 18.4. The number of fused-ring (bicyclic) bond motifs is 3. The van der Waals surface area contributed by atoms with Gasteiger partial charge in [-0.15, -0.1) is 11.6 Å². The van der Waals surface area contributed by atoms with E-state index in [9.17, 15) is 19.4 Å². The Bertz CT molecular complexity index is 1430. The maximum atomic E-state index is 13.4. The van der Waals surface area contributed by atoms with Gasteiger partial charge in [0.2, 0.25) is 0 Å². The fourth-order valence-corrected chi connectivity index (χ4v) is 5.32. The number of hydrogen-bond donors (Lipinski definition) is 3. The summed E-state index contributed by atoms with van der Waals surface area (Å²) in [4.78, 5) is 18.6. The first-order chi connectivity index (χ1) is 18.9. The number of aromatic amines is 1. The number of aliphatic hydroxyl groups excluding tert-OH is 2. The summed E-state index contributed by atoms with van der Waals surface area (Å²) in [6.07, 6.45) is 5.54. The minimum absolute atomic E-state index is 0.0816. The van der Waals surface area contributed by atoms with Crippen molar-refractivity contribution in [1.29, 1.82) is 0 Å². The Morgan fingerprint density at radius 1 is 1.13 bits per heavy atom. The Balaban J connectivity index is 1.47.